The number of nitrogens with zero attached hydrogens (tertiary/aromatic N) is 2. The van der Waals surface area contributed by atoms with Crippen LogP contribution in [0, 0.1) is 17.8 Å². The lowest BCUT2D eigenvalue weighted by Gasteiger charge is -2.22. The maximum Gasteiger partial charge on any atom is 0.310 e. The quantitative estimate of drug-likeness (QED) is 0.295. The van der Waals surface area contributed by atoms with Gasteiger partial charge in [0.1, 0.15) is 0 Å². The predicted molar refractivity (Wildman–Crippen MR) is 115 cm³/mol. The van der Waals surface area contributed by atoms with Gasteiger partial charge in [-0.15, -0.1) is 35.3 Å². The number of hydrogen-bond acceptors (Lipinski definition) is 4. The molecule has 7 heteroatoms. The predicted octanol–water partition coefficient (Wildman–Crippen LogP) is 3.25. The van der Waals surface area contributed by atoms with Crippen LogP contribution in [0.1, 0.15) is 25.6 Å². The molecule has 2 rings (SSSR count). The summed E-state index contributed by atoms with van der Waals surface area (Å²) in [7, 11) is 1.46. The molecule has 0 spiro atoms. The summed E-state index contributed by atoms with van der Waals surface area (Å²) >= 11 is 1.80. The van der Waals surface area contributed by atoms with Crippen molar-refractivity contribution in [2.24, 2.45) is 22.7 Å². The number of carbonyl (C=O) groups is 1. The average Bonchev–Trinajstić information content (AvgIpc) is 3.20. The van der Waals surface area contributed by atoms with Crippen LogP contribution in [-0.4, -0.2) is 50.1 Å². The molecular weight excluding hydrogens is 449 g/mol. The molecule has 0 aromatic carbocycles. The fourth-order valence-corrected chi connectivity index (χ4v) is 3.97. The number of likely N-dealkylation sites (tertiary alicyclic amines) is 1. The molecule has 3 unspecified atom stereocenters. The van der Waals surface area contributed by atoms with Gasteiger partial charge in [-0.3, -0.25) is 9.79 Å². The first-order valence-corrected chi connectivity index (χ1v) is 9.56. The van der Waals surface area contributed by atoms with Gasteiger partial charge in [-0.2, -0.15) is 0 Å². The monoisotopic (exact) mass is 479 g/mol. The number of ether oxygens (including phenoxy) is 1. The fourth-order valence-electron chi connectivity index (χ4n) is 3.10. The third kappa shape index (κ3) is 6.44. The van der Waals surface area contributed by atoms with E-state index in [0.29, 0.717) is 12.5 Å². The Morgan fingerprint density at radius 2 is 2.28 bits per heavy atom. The van der Waals surface area contributed by atoms with Crippen molar-refractivity contribution in [1.82, 2.24) is 10.2 Å². The first-order valence-electron chi connectivity index (χ1n) is 8.68. The molecule has 0 saturated carbocycles. The number of rotatable bonds is 6. The highest BCUT2D eigenvalue weighted by molar-refractivity contribution is 14.0. The van der Waals surface area contributed by atoms with E-state index in [1.807, 2.05) is 0 Å². The number of guanidine groups is 1. The summed E-state index contributed by atoms with van der Waals surface area (Å²) in [5, 5.41) is 5.48. The zero-order valence-corrected chi connectivity index (χ0v) is 18.7. The van der Waals surface area contributed by atoms with Crippen molar-refractivity contribution in [2.45, 2.75) is 27.2 Å². The van der Waals surface area contributed by atoms with Gasteiger partial charge in [0.2, 0.25) is 0 Å². The van der Waals surface area contributed by atoms with E-state index >= 15 is 0 Å². The Morgan fingerprint density at radius 1 is 1.52 bits per heavy atom. The minimum Gasteiger partial charge on any atom is -0.469 e. The number of nitrogens with one attached hydrogen (secondary N) is 1. The van der Waals surface area contributed by atoms with Crippen LogP contribution < -0.4 is 5.32 Å². The number of methoxy groups -OCH3 is 1. The lowest BCUT2D eigenvalue weighted by Crippen LogP contribution is -2.41. The molecule has 0 amide bonds. The molecule has 1 aromatic rings. The van der Waals surface area contributed by atoms with E-state index in [4.69, 9.17) is 9.73 Å². The minimum atomic E-state index is -0.119. The standard InChI is InChI=1S/C18H29N3O2S.HI/c1-5-19-18(20-10-13(2)9-15-7-6-8-24-15)21-11-14(3)16(12-21)17(22)23-4;/h6-8,13-14,16H,5,9-12H2,1-4H3,(H,19,20);1H. The highest BCUT2D eigenvalue weighted by Gasteiger charge is 2.36. The lowest BCUT2D eigenvalue weighted by atomic mass is 9.99. The van der Waals surface area contributed by atoms with Crippen molar-refractivity contribution >= 4 is 47.2 Å². The molecule has 2 heterocycles. The van der Waals surface area contributed by atoms with Gasteiger partial charge >= 0.3 is 5.97 Å². The van der Waals surface area contributed by atoms with Gasteiger partial charge in [0.05, 0.1) is 13.0 Å². The number of carbonyl (C=O) groups excluding carboxylic acids is 1. The molecule has 0 radical (unpaired) electrons. The molecule has 1 N–H and O–H groups in total. The Morgan fingerprint density at radius 3 is 2.88 bits per heavy atom. The van der Waals surface area contributed by atoms with E-state index in [1.165, 1.54) is 12.0 Å². The summed E-state index contributed by atoms with van der Waals surface area (Å²) in [6, 6.07) is 4.28. The zero-order valence-electron chi connectivity index (χ0n) is 15.5. The van der Waals surface area contributed by atoms with Crippen LogP contribution in [0.3, 0.4) is 0 Å². The van der Waals surface area contributed by atoms with Crippen molar-refractivity contribution < 1.29 is 9.53 Å². The van der Waals surface area contributed by atoms with E-state index in [9.17, 15) is 4.79 Å². The van der Waals surface area contributed by atoms with E-state index in [1.54, 1.807) is 11.3 Å². The lowest BCUT2D eigenvalue weighted by molar-refractivity contribution is -0.145. The maximum atomic E-state index is 11.9. The summed E-state index contributed by atoms with van der Waals surface area (Å²) in [6.07, 6.45) is 1.06. The van der Waals surface area contributed by atoms with E-state index in [0.717, 1.165) is 32.0 Å². The van der Waals surface area contributed by atoms with E-state index < -0.39 is 0 Å². The van der Waals surface area contributed by atoms with Crippen LogP contribution in [0.15, 0.2) is 22.5 Å². The van der Waals surface area contributed by atoms with Crippen LogP contribution in [0.5, 0.6) is 0 Å². The molecule has 1 aromatic heterocycles. The molecule has 1 aliphatic rings. The van der Waals surface area contributed by atoms with Gasteiger partial charge in [0.25, 0.3) is 0 Å². The molecule has 0 aliphatic carbocycles. The Kier molecular flexibility index (Phi) is 9.78. The summed E-state index contributed by atoms with van der Waals surface area (Å²) in [6.45, 7) is 9.53. The molecule has 0 bridgehead atoms. The SMILES string of the molecule is CCNC(=NCC(C)Cc1cccs1)N1CC(C)C(C(=O)OC)C1.I. The summed E-state index contributed by atoms with van der Waals surface area (Å²) in [5.74, 6) is 1.50. The van der Waals surface area contributed by atoms with Crippen LogP contribution in [0.4, 0.5) is 0 Å². The first kappa shape index (κ1) is 22.2. The highest BCUT2D eigenvalue weighted by atomic mass is 127. The molecule has 25 heavy (non-hydrogen) atoms. The normalized spacial score (nSPS) is 21.6. The van der Waals surface area contributed by atoms with Gasteiger partial charge in [0, 0.05) is 31.1 Å². The summed E-state index contributed by atoms with van der Waals surface area (Å²) in [4.78, 5) is 20.3. The Hall–Kier alpha value is -0.830. The molecule has 3 atom stereocenters. The first-order chi connectivity index (χ1) is 11.5. The van der Waals surface area contributed by atoms with Crippen molar-refractivity contribution in [3.05, 3.63) is 22.4 Å². The number of thiophene rings is 1. The third-order valence-corrected chi connectivity index (χ3v) is 5.33. The van der Waals surface area contributed by atoms with E-state index in [2.05, 4.69) is 48.5 Å². The number of hydrogen-bond donors (Lipinski definition) is 1. The van der Waals surface area contributed by atoms with Gasteiger partial charge < -0.3 is 15.0 Å². The number of aliphatic imine (C=N–C) groups is 1. The Labute approximate surface area is 172 Å². The second-order valence-corrected chi connectivity index (χ2v) is 7.63. The molecular formula is C18H30IN3O2S. The smallest absolute Gasteiger partial charge is 0.310 e. The molecule has 1 aliphatic heterocycles. The topological polar surface area (TPSA) is 53.9 Å². The molecule has 142 valence electrons. The summed E-state index contributed by atoms with van der Waals surface area (Å²) < 4.78 is 4.92. The third-order valence-electron chi connectivity index (χ3n) is 4.43. The second-order valence-electron chi connectivity index (χ2n) is 6.60. The van der Waals surface area contributed by atoms with Crippen LogP contribution >= 0.6 is 35.3 Å². The van der Waals surface area contributed by atoms with Crippen LogP contribution in [0.2, 0.25) is 0 Å². The number of esters is 1. The van der Waals surface area contributed by atoms with E-state index in [-0.39, 0.29) is 41.8 Å². The van der Waals surface area contributed by atoms with Crippen molar-refractivity contribution in [2.75, 3.05) is 33.3 Å². The fraction of sp³-hybridized carbons (Fsp3) is 0.667. The minimum absolute atomic E-state index is 0. The van der Waals surface area contributed by atoms with Crippen LogP contribution in [0.25, 0.3) is 0 Å². The van der Waals surface area contributed by atoms with Crippen molar-refractivity contribution in [1.29, 1.82) is 0 Å². The number of halogens is 1. The largest absolute Gasteiger partial charge is 0.469 e. The highest BCUT2D eigenvalue weighted by Crippen LogP contribution is 2.24. The zero-order chi connectivity index (χ0) is 17.5. The molecule has 1 fully saturated rings. The average molecular weight is 479 g/mol. The van der Waals surface area contributed by atoms with Gasteiger partial charge in [-0.1, -0.05) is 19.9 Å². The van der Waals surface area contributed by atoms with Crippen molar-refractivity contribution in [3.8, 4) is 0 Å². The molecule has 1 saturated heterocycles. The maximum absolute atomic E-state index is 11.9. The Balaban J connectivity index is 0.00000312. The van der Waals surface area contributed by atoms with Crippen LogP contribution in [-0.2, 0) is 16.0 Å². The van der Waals surface area contributed by atoms with Gasteiger partial charge in [0.15, 0.2) is 5.96 Å². The Bertz CT molecular complexity index is 551. The second kappa shape index (κ2) is 11.0. The van der Waals surface area contributed by atoms with Gasteiger partial charge in [-0.05, 0) is 36.6 Å². The molecule has 5 nitrogen and oxygen atoms in total. The van der Waals surface area contributed by atoms with Gasteiger partial charge in [-0.25, -0.2) is 0 Å². The summed E-state index contributed by atoms with van der Waals surface area (Å²) in [5.41, 5.74) is 0. The van der Waals surface area contributed by atoms with Crippen molar-refractivity contribution in [3.63, 3.8) is 0 Å².